The maximum Gasteiger partial charge on any atom is 0.408 e. The van der Waals surface area contributed by atoms with Crippen LogP contribution in [0, 0.1) is 13.8 Å². The summed E-state index contributed by atoms with van der Waals surface area (Å²) in [6.45, 7) is 15.1. The minimum absolute atomic E-state index is 0.0460. The van der Waals surface area contributed by atoms with Crippen LogP contribution in [0.15, 0.2) is 18.2 Å². The molecule has 1 fully saturated rings. The molecule has 2 atom stereocenters. The van der Waals surface area contributed by atoms with E-state index in [-0.39, 0.29) is 17.9 Å². The molecule has 7 nitrogen and oxygen atoms in total. The Hall–Kier alpha value is -2.22. The first-order valence-electron chi connectivity index (χ1n) is 12.3. The number of aryl methyl sites for hydroxylation is 2. The molecule has 196 valence electrons. The summed E-state index contributed by atoms with van der Waals surface area (Å²) in [6.07, 6.45) is 3.44. The lowest BCUT2D eigenvalue weighted by molar-refractivity contribution is -0.143. The van der Waals surface area contributed by atoms with Gasteiger partial charge >= 0.3 is 6.09 Å². The second-order valence-corrected chi connectivity index (χ2v) is 12.4. The Morgan fingerprint density at radius 1 is 1.11 bits per heavy atom. The van der Waals surface area contributed by atoms with Gasteiger partial charge in [-0.15, -0.1) is 0 Å². The van der Waals surface area contributed by atoms with E-state index in [1.807, 2.05) is 59.1 Å². The number of nitrogens with one attached hydrogen (secondary N) is 2. The van der Waals surface area contributed by atoms with Crippen molar-refractivity contribution < 1.29 is 19.1 Å². The summed E-state index contributed by atoms with van der Waals surface area (Å²) in [5, 5.41) is 5.88. The van der Waals surface area contributed by atoms with Gasteiger partial charge in [0.1, 0.15) is 17.7 Å². The van der Waals surface area contributed by atoms with E-state index in [2.05, 4.69) is 10.6 Å². The first-order chi connectivity index (χ1) is 16.1. The first-order valence-corrected chi connectivity index (χ1v) is 13.7. The van der Waals surface area contributed by atoms with Crippen molar-refractivity contribution >= 4 is 29.7 Å². The lowest BCUT2D eigenvalue weighted by atomic mass is 9.95. The highest BCUT2D eigenvalue weighted by atomic mass is 32.2. The topological polar surface area (TPSA) is 87.7 Å². The number of ether oxygens (including phenoxy) is 1. The van der Waals surface area contributed by atoms with E-state index >= 15 is 0 Å². The molecule has 0 heterocycles. The Morgan fingerprint density at radius 3 is 2.26 bits per heavy atom. The van der Waals surface area contributed by atoms with E-state index in [0.29, 0.717) is 12.2 Å². The third kappa shape index (κ3) is 9.06. The lowest BCUT2D eigenvalue weighted by Gasteiger charge is -2.37. The molecule has 3 amide bonds. The number of nitrogens with zero attached hydrogens (tertiary/aromatic N) is 1. The summed E-state index contributed by atoms with van der Waals surface area (Å²) in [4.78, 5) is 42.1. The quantitative estimate of drug-likeness (QED) is 0.499. The van der Waals surface area contributed by atoms with Crippen LogP contribution in [-0.2, 0) is 14.3 Å². The molecule has 1 aliphatic carbocycles. The Kier molecular flexibility index (Phi) is 9.68. The van der Waals surface area contributed by atoms with Gasteiger partial charge in [0.05, 0.1) is 0 Å². The molecule has 0 saturated heterocycles. The third-order valence-electron chi connectivity index (χ3n) is 5.55. The van der Waals surface area contributed by atoms with Gasteiger partial charge in [0.2, 0.25) is 11.8 Å². The molecule has 8 heteroatoms. The minimum atomic E-state index is -0.786. The van der Waals surface area contributed by atoms with Gasteiger partial charge in [0, 0.05) is 11.6 Å². The van der Waals surface area contributed by atoms with Crippen molar-refractivity contribution in [1.29, 1.82) is 0 Å². The van der Waals surface area contributed by atoms with E-state index in [9.17, 15) is 14.4 Å². The molecule has 1 aromatic rings. The third-order valence-corrected chi connectivity index (χ3v) is 6.19. The zero-order valence-electron chi connectivity index (χ0n) is 22.8. The molecule has 0 spiro atoms. The predicted molar refractivity (Wildman–Crippen MR) is 143 cm³/mol. The predicted octanol–water partition coefficient (Wildman–Crippen LogP) is 4.90. The van der Waals surface area contributed by atoms with E-state index in [4.69, 9.17) is 4.74 Å². The molecule has 0 bridgehead atoms. The van der Waals surface area contributed by atoms with Crippen LogP contribution in [0.1, 0.15) is 83.5 Å². The standard InChI is InChI=1S/C27H43N3O4S/c1-17-10-11-18(2)20(16-17)22(23(31)29-26(3,4)5)30(19-12-13-19)24(32)21(14-15-35-9)28-25(33)34-27(6,7)8/h10-11,16,19,21-22H,12-15H2,1-9H3,(H,28,33)(H,29,31). The van der Waals surface area contributed by atoms with Gasteiger partial charge in [0.15, 0.2) is 0 Å². The maximum atomic E-state index is 14.1. The van der Waals surface area contributed by atoms with E-state index in [1.165, 1.54) is 0 Å². The Balaban J connectivity index is 2.50. The van der Waals surface area contributed by atoms with Crippen molar-refractivity contribution in [2.24, 2.45) is 0 Å². The number of rotatable bonds is 9. The molecular weight excluding hydrogens is 462 g/mol. The number of carbonyl (C=O) groups excluding carboxylic acids is 3. The summed E-state index contributed by atoms with van der Waals surface area (Å²) in [6, 6.07) is 4.37. The van der Waals surface area contributed by atoms with Gasteiger partial charge in [-0.05, 0) is 97.8 Å². The van der Waals surface area contributed by atoms with Crippen LogP contribution in [0.2, 0.25) is 0 Å². The van der Waals surface area contributed by atoms with Gasteiger partial charge in [-0.3, -0.25) is 9.59 Å². The van der Waals surface area contributed by atoms with Crippen molar-refractivity contribution in [1.82, 2.24) is 15.5 Å². The first kappa shape index (κ1) is 29.0. The number of hydrogen-bond acceptors (Lipinski definition) is 5. The van der Waals surface area contributed by atoms with Crippen molar-refractivity contribution in [3.63, 3.8) is 0 Å². The number of carbonyl (C=O) groups is 3. The fraction of sp³-hybridized carbons (Fsp3) is 0.667. The molecule has 0 aromatic heterocycles. The van der Waals surface area contributed by atoms with Gasteiger partial charge < -0.3 is 20.3 Å². The fourth-order valence-electron chi connectivity index (χ4n) is 3.90. The van der Waals surface area contributed by atoms with Crippen LogP contribution >= 0.6 is 11.8 Å². The normalized spacial score (nSPS) is 15.7. The summed E-state index contributed by atoms with van der Waals surface area (Å²) in [5.41, 5.74) is 1.64. The maximum absolute atomic E-state index is 14.1. The molecule has 1 aromatic carbocycles. The van der Waals surface area contributed by atoms with Crippen LogP contribution in [0.25, 0.3) is 0 Å². The monoisotopic (exact) mass is 505 g/mol. The highest BCUT2D eigenvalue weighted by Gasteiger charge is 2.44. The largest absolute Gasteiger partial charge is 0.444 e. The summed E-state index contributed by atoms with van der Waals surface area (Å²) in [5.74, 6) is 0.224. The highest BCUT2D eigenvalue weighted by molar-refractivity contribution is 7.98. The second kappa shape index (κ2) is 11.7. The van der Waals surface area contributed by atoms with Gasteiger partial charge in [-0.25, -0.2) is 4.79 Å². The Morgan fingerprint density at radius 2 is 1.74 bits per heavy atom. The van der Waals surface area contributed by atoms with Crippen molar-refractivity contribution in [2.75, 3.05) is 12.0 Å². The molecular formula is C27H43N3O4S. The zero-order valence-corrected chi connectivity index (χ0v) is 23.6. The summed E-state index contributed by atoms with van der Waals surface area (Å²) in [7, 11) is 0. The van der Waals surface area contributed by atoms with Crippen LogP contribution in [0.4, 0.5) is 4.79 Å². The Bertz CT molecular complexity index is 916. The number of hydrogen-bond donors (Lipinski definition) is 2. The molecule has 2 rings (SSSR count). The Labute approximate surface area is 215 Å². The summed E-state index contributed by atoms with van der Waals surface area (Å²) >= 11 is 1.60. The van der Waals surface area contributed by atoms with Crippen molar-refractivity contribution in [3.8, 4) is 0 Å². The van der Waals surface area contributed by atoms with E-state index in [0.717, 1.165) is 29.5 Å². The minimum Gasteiger partial charge on any atom is -0.444 e. The van der Waals surface area contributed by atoms with E-state index < -0.39 is 29.3 Å². The number of alkyl carbamates (subject to hydrolysis) is 1. The number of amides is 3. The molecule has 2 unspecified atom stereocenters. The molecule has 0 radical (unpaired) electrons. The van der Waals surface area contributed by atoms with E-state index in [1.54, 1.807) is 37.4 Å². The average molecular weight is 506 g/mol. The van der Waals surface area contributed by atoms with Crippen LogP contribution < -0.4 is 10.6 Å². The summed E-state index contributed by atoms with van der Waals surface area (Å²) < 4.78 is 5.44. The zero-order chi connectivity index (χ0) is 26.6. The van der Waals surface area contributed by atoms with Crippen LogP contribution in [0.5, 0.6) is 0 Å². The number of benzene rings is 1. The smallest absolute Gasteiger partial charge is 0.408 e. The second-order valence-electron chi connectivity index (χ2n) is 11.5. The molecule has 2 N–H and O–H groups in total. The average Bonchev–Trinajstić information content (AvgIpc) is 3.53. The van der Waals surface area contributed by atoms with Gasteiger partial charge in [0.25, 0.3) is 0 Å². The number of thioether (sulfide) groups is 1. The lowest BCUT2D eigenvalue weighted by Crippen LogP contribution is -2.55. The van der Waals surface area contributed by atoms with Crippen LogP contribution in [-0.4, -0.2) is 58.0 Å². The highest BCUT2D eigenvalue weighted by Crippen LogP contribution is 2.37. The van der Waals surface area contributed by atoms with Crippen molar-refractivity contribution in [2.45, 2.75) is 104 Å². The van der Waals surface area contributed by atoms with Gasteiger partial charge in [-0.2, -0.15) is 11.8 Å². The SMILES string of the molecule is CSCCC(NC(=O)OC(C)(C)C)C(=O)N(C1CC1)C(C(=O)NC(C)(C)C)c1cc(C)ccc1C. The fourth-order valence-corrected chi connectivity index (χ4v) is 4.37. The van der Waals surface area contributed by atoms with Gasteiger partial charge in [-0.1, -0.05) is 23.8 Å². The molecule has 35 heavy (non-hydrogen) atoms. The molecule has 1 aliphatic rings. The molecule has 0 aliphatic heterocycles. The van der Waals surface area contributed by atoms with Crippen molar-refractivity contribution in [3.05, 3.63) is 34.9 Å². The molecule has 1 saturated carbocycles. The van der Waals surface area contributed by atoms with Crippen LogP contribution in [0.3, 0.4) is 0 Å².